The maximum atomic E-state index is 16.3. The number of benzene rings is 5. The number of rotatable bonds is 11. The standard InChI is InChI=1S/C51H47N7O9/c1-30(2)41(47(61)65-3)53-50(64)57-37-25-24-31(15-14-26-56-38-22-12-11-21-36(38)54-55-56)29-35(37)51(49(57)63)40(46(52)60)43-48(62)67-44(33-18-8-5-9-19-33)42(32-16-6-4-7-17-32)58(43)45(51)34-20-10-13-23-39(34)66-28-27-59/h4-13,16-25,29-30,40-45,59H,26-28H2,1-3H3,(H2,52,60)(H,53,64). The van der Waals surface area contributed by atoms with Gasteiger partial charge in [-0.05, 0) is 59.0 Å². The quantitative estimate of drug-likeness (QED) is 0.117. The van der Waals surface area contributed by atoms with E-state index in [1.54, 1.807) is 61.0 Å². The average molecular weight is 902 g/mol. The van der Waals surface area contributed by atoms with Gasteiger partial charge in [0.25, 0.3) is 0 Å². The number of carbonyl (C=O) groups is 5. The van der Waals surface area contributed by atoms with E-state index < -0.39 is 77.3 Å². The smallest absolute Gasteiger partial charge is 0.329 e. The number of nitrogens with zero attached hydrogens (tertiary/aromatic N) is 5. The minimum Gasteiger partial charge on any atom is -0.491 e. The number of hydrogen-bond acceptors (Lipinski definition) is 12. The number of imide groups is 1. The number of methoxy groups -OCH3 is 1. The molecule has 340 valence electrons. The molecule has 5 aromatic carbocycles. The SMILES string of the molecule is COC(=O)C(NC(=O)N1C(=O)C2(c3cc(C#CCn4nnc5ccccc54)ccc31)C(C(N)=O)C1C(=O)OC(c3ccccc3)C(c3ccccc3)N1C2c1ccccc1OCCO)C(C)C. The summed E-state index contributed by atoms with van der Waals surface area (Å²) in [6, 6.07) is 31.7. The maximum absolute atomic E-state index is 16.3. The number of morpholine rings is 1. The minimum atomic E-state index is -2.18. The molecule has 0 bridgehead atoms. The highest BCUT2D eigenvalue weighted by Crippen LogP contribution is 2.66. The number of anilines is 1. The van der Waals surface area contributed by atoms with E-state index in [1.165, 1.54) is 7.11 Å². The number of aromatic nitrogens is 3. The number of ether oxygens (including phenoxy) is 3. The molecule has 2 saturated heterocycles. The Labute approximate surface area is 385 Å². The number of para-hydroxylation sites is 2. The van der Waals surface area contributed by atoms with Crippen LogP contribution in [0.3, 0.4) is 0 Å². The first-order valence-electron chi connectivity index (χ1n) is 21.8. The summed E-state index contributed by atoms with van der Waals surface area (Å²) >= 11 is 0. The first kappa shape index (κ1) is 44.3. The summed E-state index contributed by atoms with van der Waals surface area (Å²) in [5.74, 6) is 0.940. The molecule has 4 heterocycles. The maximum Gasteiger partial charge on any atom is 0.329 e. The molecule has 4 N–H and O–H groups in total. The first-order chi connectivity index (χ1) is 32.5. The van der Waals surface area contributed by atoms with Gasteiger partial charge < -0.3 is 30.4 Å². The summed E-state index contributed by atoms with van der Waals surface area (Å²) in [6.07, 6.45) is -0.976. The van der Waals surface area contributed by atoms with Crippen LogP contribution in [-0.4, -0.2) is 87.2 Å². The lowest BCUT2D eigenvalue weighted by molar-refractivity contribution is -0.178. The second-order valence-corrected chi connectivity index (χ2v) is 16.9. The van der Waals surface area contributed by atoms with Gasteiger partial charge in [0.05, 0.1) is 42.9 Å². The third-order valence-corrected chi connectivity index (χ3v) is 12.8. The number of urea groups is 1. The Morgan fingerprint density at radius 1 is 0.896 bits per heavy atom. The van der Waals surface area contributed by atoms with Crippen LogP contribution in [0.5, 0.6) is 5.75 Å². The highest BCUT2D eigenvalue weighted by Gasteiger charge is 2.75. The number of nitrogens with two attached hydrogens (primary N) is 1. The van der Waals surface area contributed by atoms with E-state index in [9.17, 15) is 19.5 Å². The highest BCUT2D eigenvalue weighted by atomic mass is 16.6. The predicted octanol–water partition coefficient (Wildman–Crippen LogP) is 4.91. The van der Waals surface area contributed by atoms with Crippen molar-refractivity contribution in [2.45, 2.75) is 56.1 Å². The zero-order valence-electron chi connectivity index (χ0n) is 36.8. The summed E-state index contributed by atoms with van der Waals surface area (Å²) in [7, 11) is 1.20. The molecule has 3 aliphatic heterocycles. The molecule has 67 heavy (non-hydrogen) atoms. The first-order valence-corrected chi connectivity index (χ1v) is 21.8. The fourth-order valence-electron chi connectivity index (χ4n) is 10.1. The molecule has 9 rings (SSSR count). The van der Waals surface area contributed by atoms with Crippen molar-refractivity contribution in [3.8, 4) is 17.6 Å². The monoisotopic (exact) mass is 901 g/mol. The third-order valence-electron chi connectivity index (χ3n) is 12.8. The Hall–Kier alpha value is -7.87. The summed E-state index contributed by atoms with van der Waals surface area (Å²) in [4.78, 5) is 76.8. The van der Waals surface area contributed by atoms with Crippen LogP contribution in [0.25, 0.3) is 11.0 Å². The van der Waals surface area contributed by atoms with Gasteiger partial charge in [-0.25, -0.2) is 19.2 Å². The molecule has 4 amide bonds. The van der Waals surface area contributed by atoms with Crippen molar-refractivity contribution in [2.24, 2.45) is 17.6 Å². The Kier molecular flexibility index (Phi) is 12.0. The molecule has 1 aromatic heterocycles. The number of aliphatic hydroxyl groups is 1. The Morgan fingerprint density at radius 3 is 2.28 bits per heavy atom. The predicted molar refractivity (Wildman–Crippen MR) is 244 cm³/mol. The third kappa shape index (κ3) is 7.51. The molecule has 1 spiro atoms. The summed E-state index contributed by atoms with van der Waals surface area (Å²) in [5.41, 5.74) is 8.13. The van der Waals surface area contributed by atoms with Gasteiger partial charge in [-0.3, -0.25) is 19.3 Å². The summed E-state index contributed by atoms with van der Waals surface area (Å²) < 4.78 is 19.3. The van der Waals surface area contributed by atoms with E-state index in [0.29, 0.717) is 27.8 Å². The van der Waals surface area contributed by atoms with Gasteiger partial charge in [0.15, 0.2) is 0 Å². The van der Waals surface area contributed by atoms with Gasteiger partial charge in [0.1, 0.15) is 48.0 Å². The van der Waals surface area contributed by atoms with Crippen LogP contribution in [0.2, 0.25) is 0 Å². The second kappa shape index (κ2) is 18.2. The Balaban J connectivity index is 1.32. The van der Waals surface area contributed by atoms with Crippen LogP contribution >= 0.6 is 0 Å². The van der Waals surface area contributed by atoms with Crippen molar-refractivity contribution < 1.29 is 43.3 Å². The minimum absolute atomic E-state index is 0.0665. The van der Waals surface area contributed by atoms with Crippen molar-refractivity contribution in [1.29, 1.82) is 0 Å². The van der Waals surface area contributed by atoms with Gasteiger partial charge in [-0.1, -0.05) is 122 Å². The molecule has 16 nitrogen and oxygen atoms in total. The molecule has 7 unspecified atom stereocenters. The number of primary amides is 1. The Morgan fingerprint density at radius 2 is 1.58 bits per heavy atom. The number of cyclic esters (lactones) is 1. The average Bonchev–Trinajstić information content (AvgIpc) is 3.98. The second-order valence-electron chi connectivity index (χ2n) is 16.9. The van der Waals surface area contributed by atoms with Crippen molar-refractivity contribution in [3.63, 3.8) is 0 Å². The number of amides is 4. The molecule has 2 fully saturated rings. The fraction of sp³-hybridized carbons (Fsp3) is 0.275. The Bertz CT molecular complexity index is 2950. The van der Waals surface area contributed by atoms with Crippen LogP contribution in [0.15, 0.2) is 127 Å². The molecule has 16 heteroatoms. The number of aliphatic hydroxyl groups excluding tert-OH is 1. The number of esters is 2. The van der Waals surface area contributed by atoms with E-state index >= 15 is 9.59 Å². The molecule has 3 aliphatic rings. The molecule has 7 atom stereocenters. The lowest BCUT2D eigenvalue weighted by Gasteiger charge is -2.46. The lowest BCUT2D eigenvalue weighted by Crippen LogP contribution is -2.57. The summed E-state index contributed by atoms with van der Waals surface area (Å²) in [5, 5.41) is 21.2. The van der Waals surface area contributed by atoms with Gasteiger partial charge in [0.2, 0.25) is 11.8 Å². The van der Waals surface area contributed by atoms with Crippen molar-refractivity contribution in [3.05, 3.63) is 155 Å². The van der Waals surface area contributed by atoms with E-state index in [-0.39, 0.29) is 36.8 Å². The molecule has 6 aromatic rings. The van der Waals surface area contributed by atoms with Crippen LogP contribution in [0.4, 0.5) is 10.5 Å². The van der Waals surface area contributed by atoms with Crippen molar-refractivity contribution >= 4 is 46.5 Å². The van der Waals surface area contributed by atoms with Gasteiger partial charge in [-0.2, -0.15) is 0 Å². The molecular formula is C51H47N7O9. The highest BCUT2D eigenvalue weighted by molar-refractivity contribution is 6.25. The fourth-order valence-corrected chi connectivity index (χ4v) is 10.1. The topological polar surface area (TPSA) is 209 Å². The van der Waals surface area contributed by atoms with Gasteiger partial charge in [0, 0.05) is 11.1 Å². The van der Waals surface area contributed by atoms with Crippen LogP contribution < -0.4 is 20.7 Å². The zero-order chi connectivity index (χ0) is 47.0. The van der Waals surface area contributed by atoms with Crippen molar-refractivity contribution in [1.82, 2.24) is 25.2 Å². The van der Waals surface area contributed by atoms with Crippen LogP contribution in [0.1, 0.15) is 59.9 Å². The molecule has 0 aliphatic carbocycles. The normalized spacial score (nSPS) is 22.4. The zero-order valence-corrected chi connectivity index (χ0v) is 36.8. The van der Waals surface area contributed by atoms with Gasteiger partial charge in [-0.15, -0.1) is 5.10 Å². The number of hydrogen-bond donors (Lipinski definition) is 3. The van der Waals surface area contributed by atoms with Crippen LogP contribution in [0, 0.1) is 23.7 Å². The number of fused-ring (bicyclic) bond motifs is 4. The van der Waals surface area contributed by atoms with E-state index in [0.717, 1.165) is 10.4 Å². The largest absolute Gasteiger partial charge is 0.491 e. The van der Waals surface area contributed by atoms with Crippen LogP contribution in [-0.2, 0) is 40.6 Å². The number of carbonyl (C=O) groups excluding carboxylic acids is 5. The number of nitrogens with one attached hydrogen (secondary N) is 1. The molecular weight excluding hydrogens is 855 g/mol. The van der Waals surface area contributed by atoms with E-state index in [4.69, 9.17) is 19.9 Å². The van der Waals surface area contributed by atoms with Gasteiger partial charge >= 0.3 is 18.0 Å². The molecule has 0 radical (unpaired) electrons. The van der Waals surface area contributed by atoms with E-state index in [2.05, 4.69) is 27.5 Å². The lowest BCUT2D eigenvalue weighted by atomic mass is 9.65. The van der Waals surface area contributed by atoms with Crippen molar-refractivity contribution in [2.75, 3.05) is 25.2 Å². The summed E-state index contributed by atoms with van der Waals surface area (Å²) in [6.45, 7) is 3.08. The molecule has 0 saturated carbocycles. The van der Waals surface area contributed by atoms with E-state index in [1.807, 2.05) is 89.8 Å².